The maximum atomic E-state index is 13.2. The minimum atomic E-state index is -3.69. The van der Waals surface area contributed by atoms with Crippen molar-refractivity contribution in [1.82, 2.24) is 9.62 Å². The number of carbonyl (C=O) groups excluding carboxylic acids is 2. The van der Waals surface area contributed by atoms with Crippen molar-refractivity contribution in [2.24, 2.45) is 0 Å². The van der Waals surface area contributed by atoms with E-state index >= 15 is 0 Å². The fourth-order valence-corrected chi connectivity index (χ4v) is 5.58. The molecule has 0 unspecified atom stereocenters. The van der Waals surface area contributed by atoms with Crippen LogP contribution < -0.4 is 10.6 Å². The Morgan fingerprint density at radius 1 is 1.10 bits per heavy atom. The number of sulfonamides is 1. The molecule has 1 aliphatic heterocycles. The molecule has 1 atom stereocenters. The van der Waals surface area contributed by atoms with Crippen LogP contribution in [0.15, 0.2) is 47.4 Å². The van der Waals surface area contributed by atoms with Gasteiger partial charge in [-0.2, -0.15) is 4.31 Å². The van der Waals surface area contributed by atoms with Crippen molar-refractivity contribution >= 4 is 39.1 Å². The van der Waals surface area contributed by atoms with Gasteiger partial charge in [0.2, 0.25) is 10.0 Å². The number of nitrogens with zero attached hydrogens (tertiary/aromatic N) is 1. The van der Waals surface area contributed by atoms with Crippen LogP contribution in [0.2, 0.25) is 5.02 Å². The SMILES string of the molecule is Cc1ccc(C)c(S(=O)(=O)N2CCC[C@@H]2CNC(=O)C(=O)Nc2ccc(Cl)cc2)c1. The van der Waals surface area contributed by atoms with Gasteiger partial charge in [-0.1, -0.05) is 23.7 Å². The Balaban J connectivity index is 1.64. The minimum Gasteiger partial charge on any atom is -0.346 e. The molecule has 1 heterocycles. The normalized spacial score (nSPS) is 17.0. The fraction of sp³-hybridized carbons (Fsp3) is 0.333. The molecule has 7 nitrogen and oxygen atoms in total. The van der Waals surface area contributed by atoms with Gasteiger partial charge in [-0.05, 0) is 68.1 Å². The first-order valence-corrected chi connectivity index (χ1v) is 11.4. The monoisotopic (exact) mass is 449 g/mol. The average Bonchev–Trinajstić information content (AvgIpc) is 3.19. The molecule has 1 aliphatic rings. The number of benzene rings is 2. The maximum Gasteiger partial charge on any atom is 0.313 e. The topological polar surface area (TPSA) is 95.6 Å². The molecule has 0 bridgehead atoms. The van der Waals surface area contributed by atoms with Crippen LogP contribution in [-0.4, -0.2) is 43.7 Å². The van der Waals surface area contributed by atoms with Crippen molar-refractivity contribution in [2.75, 3.05) is 18.4 Å². The third-order valence-corrected chi connectivity index (χ3v) is 7.41. The molecule has 0 spiro atoms. The molecule has 2 aromatic rings. The van der Waals surface area contributed by atoms with E-state index in [2.05, 4.69) is 10.6 Å². The molecule has 2 amide bonds. The zero-order chi connectivity index (χ0) is 21.9. The van der Waals surface area contributed by atoms with Gasteiger partial charge in [0.1, 0.15) is 0 Å². The third-order valence-electron chi connectivity index (χ3n) is 5.06. The highest BCUT2D eigenvalue weighted by Crippen LogP contribution is 2.28. The minimum absolute atomic E-state index is 0.0664. The number of anilines is 1. The quantitative estimate of drug-likeness (QED) is 0.686. The molecule has 9 heteroatoms. The molecule has 0 aliphatic carbocycles. The van der Waals surface area contributed by atoms with Gasteiger partial charge in [0.05, 0.1) is 4.90 Å². The van der Waals surface area contributed by atoms with Crippen LogP contribution in [0.4, 0.5) is 5.69 Å². The highest BCUT2D eigenvalue weighted by atomic mass is 35.5. The van der Waals surface area contributed by atoms with Crippen molar-refractivity contribution in [3.63, 3.8) is 0 Å². The van der Waals surface area contributed by atoms with E-state index in [9.17, 15) is 18.0 Å². The number of amides is 2. The Bertz CT molecular complexity index is 1050. The molecule has 0 radical (unpaired) electrons. The summed E-state index contributed by atoms with van der Waals surface area (Å²) < 4.78 is 27.8. The first-order valence-electron chi connectivity index (χ1n) is 9.62. The molecule has 0 saturated carbocycles. The summed E-state index contributed by atoms with van der Waals surface area (Å²) in [6.45, 7) is 4.06. The van der Waals surface area contributed by atoms with Crippen LogP contribution in [0.1, 0.15) is 24.0 Å². The maximum absolute atomic E-state index is 13.2. The largest absolute Gasteiger partial charge is 0.346 e. The lowest BCUT2D eigenvalue weighted by Crippen LogP contribution is -2.45. The van der Waals surface area contributed by atoms with Gasteiger partial charge < -0.3 is 10.6 Å². The van der Waals surface area contributed by atoms with Crippen LogP contribution >= 0.6 is 11.6 Å². The molecule has 1 fully saturated rings. The third kappa shape index (κ3) is 5.00. The predicted molar refractivity (Wildman–Crippen MR) is 116 cm³/mol. The fourth-order valence-electron chi connectivity index (χ4n) is 3.45. The lowest BCUT2D eigenvalue weighted by molar-refractivity contribution is -0.136. The van der Waals surface area contributed by atoms with Gasteiger partial charge in [-0.3, -0.25) is 9.59 Å². The summed E-state index contributed by atoms with van der Waals surface area (Å²) >= 11 is 5.80. The van der Waals surface area contributed by atoms with Gasteiger partial charge in [-0.15, -0.1) is 0 Å². The van der Waals surface area contributed by atoms with E-state index in [0.29, 0.717) is 35.7 Å². The molecule has 30 heavy (non-hydrogen) atoms. The van der Waals surface area contributed by atoms with Crippen LogP contribution in [0.25, 0.3) is 0 Å². The number of aryl methyl sites for hydroxylation is 2. The summed E-state index contributed by atoms with van der Waals surface area (Å²) in [5, 5.41) is 5.55. The molecule has 0 aromatic heterocycles. The standard InChI is InChI=1S/C21H24ClN3O4S/c1-14-5-6-15(2)19(12-14)30(28,29)25-11-3-4-18(25)13-23-20(26)21(27)24-17-9-7-16(22)8-10-17/h5-10,12,18H,3-4,11,13H2,1-2H3,(H,23,26)(H,24,27)/t18-/m1/s1. The zero-order valence-electron chi connectivity index (χ0n) is 16.8. The summed E-state index contributed by atoms with van der Waals surface area (Å²) in [7, 11) is -3.69. The highest BCUT2D eigenvalue weighted by Gasteiger charge is 2.36. The summed E-state index contributed by atoms with van der Waals surface area (Å²) in [4.78, 5) is 24.6. The summed E-state index contributed by atoms with van der Waals surface area (Å²) in [6.07, 6.45) is 1.31. The molecule has 3 rings (SSSR count). The van der Waals surface area contributed by atoms with E-state index in [1.807, 2.05) is 13.0 Å². The van der Waals surface area contributed by atoms with Crippen molar-refractivity contribution in [3.05, 3.63) is 58.6 Å². The van der Waals surface area contributed by atoms with Gasteiger partial charge in [0.25, 0.3) is 0 Å². The molecular weight excluding hydrogens is 426 g/mol. The van der Waals surface area contributed by atoms with Crippen LogP contribution in [0, 0.1) is 13.8 Å². The van der Waals surface area contributed by atoms with Crippen LogP contribution in [-0.2, 0) is 19.6 Å². The molecule has 160 valence electrons. The number of rotatable bonds is 5. The Morgan fingerprint density at radius 2 is 1.80 bits per heavy atom. The van der Waals surface area contributed by atoms with Crippen molar-refractivity contribution in [2.45, 2.75) is 37.6 Å². The second kappa shape index (κ2) is 9.16. The zero-order valence-corrected chi connectivity index (χ0v) is 18.4. The summed E-state index contributed by atoms with van der Waals surface area (Å²) in [6, 6.07) is 11.3. The van der Waals surface area contributed by atoms with E-state index < -0.39 is 27.9 Å². The van der Waals surface area contributed by atoms with E-state index in [0.717, 1.165) is 5.56 Å². The number of halogens is 1. The smallest absolute Gasteiger partial charge is 0.313 e. The molecule has 2 N–H and O–H groups in total. The van der Waals surface area contributed by atoms with Gasteiger partial charge in [0.15, 0.2) is 0 Å². The summed E-state index contributed by atoms with van der Waals surface area (Å²) in [5.41, 5.74) is 1.99. The van der Waals surface area contributed by atoms with Crippen molar-refractivity contribution in [1.29, 1.82) is 0 Å². The predicted octanol–water partition coefficient (Wildman–Crippen LogP) is 2.86. The first-order chi connectivity index (χ1) is 14.2. The van der Waals surface area contributed by atoms with Gasteiger partial charge in [-0.25, -0.2) is 8.42 Å². The van der Waals surface area contributed by atoms with E-state index in [1.165, 1.54) is 4.31 Å². The van der Waals surface area contributed by atoms with E-state index in [-0.39, 0.29) is 11.4 Å². The van der Waals surface area contributed by atoms with Crippen molar-refractivity contribution in [3.8, 4) is 0 Å². The molecular formula is C21H24ClN3O4S. The lowest BCUT2D eigenvalue weighted by Gasteiger charge is -2.25. The lowest BCUT2D eigenvalue weighted by atomic mass is 10.2. The van der Waals surface area contributed by atoms with Gasteiger partial charge >= 0.3 is 11.8 Å². The van der Waals surface area contributed by atoms with Crippen molar-refractivity contribution < 1.29 is 18.0 Å². The van der Waals surface area contributed by atoms with Crippen LogP contribution in [0.3, 0.4) is 0 Å². The second-order valence-corrected chi connectivity index (χ2v) is 9.65. The summed E-state index contributed by atoms with van der Waals surface area (Å²) in [5.74, 6) is -1.64. The number of carbonyl (C=O) groups is 2. The Kier molecular flexibility index (Phi) is 6.80. The van der Waals surface area contributed by atoms with E-state index in [4.69, 9.17) is 11.6 Å². The Morgan fingerprint density at radius 3 is 2.50 bits per heavy atom. The molecule has 1 saturated heterocycles. The average molecular weight is 450 g/mol. The highest BCUT2D eigenvalue weighted by molar-refractivity contribution is 7.89. The molecule has 2 aromatic carbocycles. The Hall–Kier alpha value is -2.42. The van der Waals surface area contributed by atoms with Crippen LogP contribution in [0.5, 0.6) is 0 Å². The second-order valence-electron chi connectivity index (χ2n) is 7.35. The number of nitrogens with one attached hydrogen (secondary N) is 2. The first kappa shape index (κ1) is 22.3. The van der Waals surface area contributed by atoms with E-state index in [1.54, 1.807) is 43.3 Å². The number of hydrogen-bond acceptors (Lipinski definition) is 4. The number of hydrogen-bond donors (Lipinski definition) is 2. The Labute approximate surface area is 181 Å². The van der Waals surface area contributed by atoms with Gasteiger partial charge in [0, 0.05) is 29.8 Å².